The van der Waals surface area contributed by atoms with Crippen molar-refractivity contribution in [1.82, 2.24) is 0 Å². The summed E-state index contributed by atoms with van der Waals surface area (Å²) in [7, 11) is 0. The van der Waals surface area contributed by atoms with E-state index in [0.29, 0.717) is 17.9 Å². The Hall–Kier alpha value is -0.700. The zero-order valence-corrected chi connectivity index (χ0v) is 16.7. The summed E-state index contributed by atoms with van der Waals surface area (Å²) in [5.41, 5.74) is -0.516. The molecule has 3 aliphatic carbocycles. The molecule has 0 aromatic heterocycles. The summed E-state index contributed by atoms with van der Waals surface area (Å²) >= 11 is 0. The smallest absolute Gasteiger partial charge is 0.205 e. The van der Waals surface area contributed by atoms with E-state index in [-0.39, 0.29) is 40.2 Å². The molecule has 0 N–H and O–H groups in total. The van der Waals surface area contributed by atoms with Crippen molar-refractivity contribution in [1.29, 1.82) is 0 Å². The minimum Gasteiger partial charge on any atom is -0.377 e. The van der Waals surface area contributed by atoms with Crippen molar-refractivity contribution in [2.75, 3.05) is 6.61 Å². The molecule has 4 fully saturated rings. The molecule has 3 saturated carbocycles. The summed E-state index contributed by atoms with van der Waals surface area (Å²) < 4.78 is 5.84. The van der Waals surface area contributed by atoms with Gasteiger partial charge < -0.3 is 4.74 Å². The highest BCUT2D eigenvalue weighted by molar-refractivity contribution is 6.40. The maximum Gasteiger partial charge on any atom is 0.205 e. The molecule has 1 saturated heterocycles. The van der Waals surface area contributed by atoms with Gasteiger partial charge in [0.2, 0.25) is 11.6 Å². The SMILES string of the molecule is CC1CCC2(C)CC3C4COC4CC(C)C3(C)C(=O)C(=O)C1C2(C)C. The van der Waals surface area contributed by atoms with Crippen molar-refractivity contribution >= 4 is 11.6 Å². The first-order valence-electron chi connectivity index (χ1n) is 10.2. The van der Waals surface area contributed by atoms with Crippen LogP contribution in [-0.2, 0) is 14.3 Å². The third-order valence-corrected chi connectivity index (χ3v) is 9.60. The molecule has 0 spiro atoms. The van der Waals surface area contributed by atoms with Gasteiger partial charge in [0.05, 0.1) is 12.7 Å². The van der Waals surface area contributed by atoms with Crippen LogP contribution >= 0.6 is 0 Å². The quantitative estimate of drug-likeness (QED) is 0.615. The Morgan fingerprint density at radius 1 is 1.08 bits per heavy atom. The van der Waals surface area contributed by atoms with Crippen molar-refractivity contribution in [3.05, 3.63) is 0 Å². The lowest BCUT2D eigenvalue weighted by molar-refractivity contribution is -0.224. The molecule has 8 atom stereocenters. The molecule has 0 aromatic rings. The van der Waals surface area contributed by atoms with Gasteiger partial charge in [-0.3, -0.25) is 9.59 Å². The van der Waals surface area contributed by atoms with Crippen LogP contribution in [0, 0.1) is 45.8 Å². The van der Waals surface area contributed by atoms with Crippen molar-refractivity contribution < 1.29 is 14.3 Å². The number of ether oxygens (including phenoxy) is 1. The van der Waals surface area contributed by atoms with E-state index in [1.807, 2.05) is 0 Å². The first-order valence-corrected chi connectivity index (χ1v) is 10.2. The first kappa shape index (κ1) is 17.7. The van der Waals surface area contributed by atoms with E-state index in [1.165, 1.54) is 6.42 Å². The standard InChI is InChI=1S/C22H34O3/c1-12-7-8-21(5)10-15-14-11-25-16(14)9-13(2)22(15,6)19(24)18(23)17(12)20(21,3)4/h12-17H,7-11H2,1-6H3. The van der Waals surface area contributed by atoms with Crippen LogP contribution in [0.25, 0.3) is 0 Å². The molecule has 4 aliphatic rings. The molecule has 1 heterocycles. The minimum atomic E-state index is -0.505. The molecular weight excluding hydrogens is 312 g/mol. The van der Waals surface area contributed by atoms with Crippen LogP contribution < -0.4 is 0 Å². The Morgan fingerprint density at radius 2 is 1.76 bits per heavy atom. The highest BCUT2D eigenvalue weighted by Gasteiger charge is 2.66. The molecule has 25 heavy (non-hydrogen) atoms. The van der Waals surface area contributed by atoms with Gasteiger partial charge in [0.15, 0.2) is 0 Å². The molecule has 3 heteroatoms. The highest BCUT2D eigenvalue weighted by atomic mass is 16.5. The number of hydrogen-bond acceptors (Lipinski definition) is 3. The molecule has 0 radical (unpaired) electrons. The Morgan fingerprint density at radius 3 is 2.36 bits per heavy atom. The van der Waals surface area contributed by atoms with E-state index in [1.54, 1.807) is 0 Å². The zero-order chi connectivity index (χ0) is 18.4. The van der Waals surface area contributed by atoms with Gasteiger partial charge in [-0.15, -0.1) is 0 Å². The lowest BCUT2D eigenvalue weighted by Crippen LogP contribution is -2.66. The van der Waals surface area contributed by atoms with Crippen LogP contribution in [0.15, 0.2) is 0 Å². The summed E-state index contributed by atoms with van der Waals surface area (Å²) in [5, 5.41) is 0. The van der Waals surface area contributed by atoms with Gasteiger partial charge in [-0.05, 0) is 54.3 Å². The lowest BCUT2D eigenvalue weighted by atomic mass is 9.41. The second kappa shape index (κ2) is 5.18. The Balaban J connectivity index is 1.87. The van der Waals surface area contributed by atoms with Gasteiger partial charge in [0.1, 0.15) is 0 Å². The van der Waals surface area contributed by atoms with Gasteiger partial charge >= 0.3 is 0 Å². The topological polar surface area (TPSA) is 43.4 Å². The van der Waals surface area contributed by atoms with Crippen LogP contribution in [0.1, 0.15) is 67.2 Å². The predicted octanol–water partition coefficient (Wildman–Crippen LogP) is 4.28. The van der Waals surface area contributed by atoms with E-state index >= 15 is 0 Å². The summed E-state index contributed by atoms with van der Waals surface area (Å²) in [6, 6.07) is 0. The van der Waals surface area contributed by atoms with Gasteiger partial charge in [-0.1, -0.05) is 41.5 Å². The number of carbonyl (C=O) groups is 2. The molecule has 8 unspecified atom stereocenters. The van der Waals surface area contributed by atoms with Crippen LogP contribution in [0.2, 0.25) is 0 Å². The van der Waals surface area contributed by atoms with Crippen molar-refractivity contribution in [2.45, 2.75) is 73.3 Å². The number of Topliss-reactive ketones (excluding diaryl/α,β-unsaturated/α-hetero) is 2. The van der Waals surface area contributed by atoms with Crippen molar-refractivity contribution in [3.63, 3.8) is 0 Å². The fraction of sp³-hybridized carbons (Fsp3) is 0.909. The van der Waals surface area contributed by atoms with Gasteiger partial charge in [-0.25, -0.2) is 0 Å². The Labute approximate surface area is 152 Å². The average molecular weight is 347 g/mol. The van der Waals surface area contributed by atoms with Gasteiger partial charge in [0, 0.05) is 17.3 Å². The first-order chi connectivity index (χ1) is 11.5. The fourth-order valence-electron chi connectivity index (χ4n) is 7.09. The van der Waals surface area contributed by atoms with Crippen LogP contribution in [0.5, 0.6) is 0 Å². The van der Waals surface area contributed by atoms with Gasteiger partial charge in [-0.2, -0.15) is 0 Å². The molecule has 2 bridgehead atoms. The third-order valence-electron chi connectivity index (χ3n) is 9.60. The second-order valence-electron chi connectivity index (χ2n) is 10.7. The number of ketones is 2. The van der Waals surface area contributed by atoms with Crippen LogP contribution in [0.4, 0.5) is 0 Å². The Bertz CT molecular complexity index is 623. The molecule has 140 valence electrons. The molecule has 3 nitrogen and oxygen atoms in total. The molecule has 4 rings (SSSR count). The summed E-state index contributed by atoms with van der Waals surface area (Å²) in [5.74, 6) is 1.01. The maximum absolute atomic E-state index is 13.6. The van der Waals surface area contributed by atoms with E-state index < -0.39 is 5.41 Å². The van der Waals surface area contributed by atoms with E-state index in [9.17, 15) is 9.59 Å². The molecule has 0 aromatic carbocycles. The van der Waals surface area contributed by atoms with E-state index in [0.717, 1.165) is 25.9 Å². The highest BCUT2D eigenvalue weighted by Crippen LogP contribution is 2.65. The Kier molecular flexibility index (Phi) is 3.67. The summed E-state index contributed by atoms with van der Waals surface area (Å²) in [6.07, 6.45) is 4.52. The molecular formula is C22H34O3. The average Bonchev–Trinajstić information content (AvgIpc) is 2.51. The number of rotatable bonds is 0. The fourth-order valence-corrected chi connectivity index (χ4v) is 7.09. The van der Waals surface area contributed by atoms with E-state index in [4.69, 9.17) is 4.74 Å². The van der Waals surface area contributed by atoms with Crippen LogP contribution in [0.3, 0.4) is 0 Å². The zero-order valence-electron chi connectivity index (χ0n) is 16.7. The minimum absolute atomic E-state index is 0.0655. The molecule has 1 aliphatic heterocycles. The third kappa shape index (κ3) is 2.02. The predicted molar refractivity (Wildman–Crippen MR) is 97.0 cm³/mol. The van der Waals surface area contributed by atoms with E-state index in [2.05, 4.69) is 41.5 Å². The summed E-state index contributed by atoms with van der Waals surface area (Å²) in [4.78, 5) is 27.1. The van der Waals surface area contributed by atoms with Gasteiger partial charge in [0.25, 0.3) is 0 Å². The lowest BCUT2D eigenvalue weighted by Gasteiger charge is -2.64. The number of carbonyl (C=O) groups excluding carboxylic acids is 2. The van der Waals surface area contributed by atoms with Crippen molar-refractivity contribution in [2.24, 2.45) is 45.8 Å². The number of fused-ring (bicyclic) bond motifs is 5. The van der Waals surface area contributed by atoms with Crippen molar-refractivity contribution in [3.8, 4) is 0 Å². The normalized spacial score (nSPS) is 54.6. The molecule has 0 amide bonds. The second-order valence-corrected chi connectivity index (χ2v) is 10.7. The summed E-state index contributed by atoms with van der Waals surface area (Å²) in [6.45, 7) is 14.1. The van der Waals surface area contributed by atoms with Crippen LogP contribution in [-0.4, -0.2) is 24.3 Å². The monoisotopic (exact) mass is 346 g/mol. The largest absolute Gasteiger partial charge is 0.377 e. The number of hydrogen-bond donors (Lipinski definition) is 0. The maximum atomic E-state index is 13.6.